The highest BCUT2D eigenvalue weighted by Crippen LogP contribution is 2.65. The molecule has 2 N–H and O–H groups in total. The van der Waals surface area contributed by atoms with E-state index in [2.05, 4.69) is 0 Å². The summed E-state index contributed by atoms with van der Waals surface area (Å²) in [5.41, 5.74) is 0. The van der Waals surface area contributed by atoms with Crippen molar-refractivity contribution in [1.29, 1.82) is 0 Å². The minimum Gasteiger partial charge on any atom is -0.320 e. The van der Waals surface area contributed by atoms with Crippen LogP contribution in [-0.4, -0.2) is 36.6 Å². The Hall–Kier alpha value is -0.260. The van der Waals surface area contributed by atoms with Gasteiger partial charge in [0.2, 0.25) is 5.91 Å². The molecular formula is C7H13NO3S. The van der Waals surface area contributed by atoms with Gasteiger partial charge in [-0.05, 0) is 13.8 Å². The van der Waals surface area contributed by atoms with Crippen molar-refractivity contribution in [2.75, 3.05) is 6.54 Å². The molecule has 0 aromatic rings. The first-order valence-corrected chi connectivity index (χ1v) is 5.53. The molecule has 1 unspecified atom stereocenters. The van der Waals surface area contributed by atoms with Crippen molar-refractivity contribution in [2.24, 2.45) is 0 Å². The van der Waals surface area contributed by atoms with Crippen molar-refractivity contribution in [3.05, 3.63) is 0 Å². The Morgan fingerprint density at radius 1 is 1.58 bits per heavy atom. The van der Waals surface area contributed by atoms with E-state index in [1.54, 1.807) is 18.7 Å². The predicted molar refractivity (Wildman–Crippen MR) is 47.0 cm³/mol. The third kappa shape index (κ3) is 0.739. The highest BCUT2D eigenvalue weighted by atomic mass is 32.3. The van der Waals surface area contributed by atoms with Gasteiger partial charge in [0.15, 0.2) is 0 Å². The molecule has 5 heteroatoms. The number of hydrogen-bond donors (Lipinski definition) is 2. The van der Waals surface area contributed by atoms with Crippen molar-refractivity contribution in [3.8, 4) is 0 Å². The molecule has 0 aromatic carbocycles. The summed E-state index contributed by atoms with van der Waals surface area (Å²) in [7, 11) is -2.59. The minimum absolute atomic E-state index is 0.0468. The summed E-state index contributed by atoms with van der Waals surface area (Å²) in [6.45, 7) is 4.08. The fraction of sp³-hybridized carbons (Fsp3) is 0.857. The lowest BCUT2D eigenvalue weighted by Crippen LogP contribution is -2.49. The van der Waals surface area contributed by atoms with E-state index in [0.29, 0.717) is 13.0 Å². The van der Waals surface area contributed by atoms with Gasteiger partial charge in [0.25, 0.3) is 0 Å². The average molecular weight is 191 g/mol. The van der Waals surface area contributed by atoms with Crippen molar-refractivity contribution in [1.82, 2.24) is 4.90 Å². The Bertz CT molecular complexity index is 251. The van der Waals surface area contributed by atoms with Crippen molar-refractivity contribution < 1.29 is 13.9 Å². The van der Waals surface area contributed by atoms with Crippen LogP contribution < -0.4 is 0 Å². The van der Waals surface area contributed by atoms with Crippen LogP contribution in [0.15, 0.2) is 0 Å². The number of carbonyl (C=O) groups is 1. The topological polar surface area (TPSA) is 60.8 Å². The van der Waals surface area contributed by atoms with Gasteiger partial charge in [0.1, 0.15) is 5.37 Å². The zero-order valence-corrected chi connectivity index (χ0v) is 7.97. The van der Waals surface area contributed by atoms with E-state index in [1.807, 2.05) is 0 Å². The van der Waals surface area contributed by atoms with Crippen LogP contribution in [-0.2, 0) is 4.79 Å². The Morgan fingerprint density at radius 3 is 2.50 bits per heavy atom. The van der Waals surface area contributed by atoms with E-state index < -0.39 is 15.3 Å². The van der Waals surface area contributed by atoms with Crippen molar-refractivity contribution in [2.45, 2.75) is 30.4 Å². The highest BCUT2D eigenvalue weighted by molar-refractivity contribution is 8.26. The molecule has 2 rings (SSSR count). The predicted octanol–water partition coefficient (Wildman–Crippen LogP) is 1.09. The van der Waals surface area contributed by atoms with E-state index >= 15 is 0 Å². The number of β-lactam (4-membered cyclic amide) rings is 1. The van der Waals surface area contributed by atoms with Crippen LogP contribution >= 0.6 is 10.6 Å². The van der Waals surface area contributed by atoms with Crippen molar-refractivity contribution in [3.63, 3.8) is 0 Å². The molecule has 4 nitrogen and oxygen atoms in total. The largest absolute Gasteiger partial charge is 0.320 e. The number of hydrogen-bond acceptors (Lipinski definition) is 3. The van der Waals surface area contributed by atoms with Gasteiger partial charge in [-0.2, -0.15) is 10.6 Å². The molecule has 0 bridgehead atoms. The summed E-state index contributed by atoms with van der Waals surface area (Å²) in [6.07, 6.45) is 0.311. The third-order valence-corrected chi connectivity index (χ3v) is 5.70. The van der Waals surface area contributed by atoms with Crippen LogP contribution in [0.5, 0.6) is 0 Å². The van der Waals surface area contributed by atoms with Crippen LogP contribution in [0, 0.1) is 0 Å². The minimum atomic E-state index is -2.59. The van der Waals surface area contributed by atoms with E-state index in [0.717, 1.165) is 0 Å². The molecule has 0 spiro atoms. The van der Waals surface area contributed by atoms with Crippen molar-refractivity contribution >= 4 is 16.5 Å². The zero-order valence-electron chi connectivity index (χ0n) is 7.15. The fourth-order valence-corrected chi connectivity index (χ4v) is 3.77. The van der Waals surface area contributed by atoms with Crippen LogP contribution in [0.1, 0.15) is 20.3 Å². The van der Waals surface area contributed by atoms with Gasteiger partial charge in [-0.3, -0.25) is 13.9 Å². The van der Waals surface area contributed by atoms with Gasteiger partial charge in [-0.15, -0.1) is 0 Å². The summed E-state index contributed by atoms with van der Waals surface area (Å²) in [5.74, 6) is 0.0468. The number of fused-ring (bicyclic) bond motifs is 1. The molecule has 0 radical (unpaired) electrons. The molecule has 0 saturated carbocycles. The molecule has 2 fully saturated rings. The molecule has 2 saturated heterocycles. The lowest BCUT2D eigenvalue weighted by molar-refractivity contribution is -0.141. The van der Waals surface area contributed by atoms with E-state index in [4.69, 9.17) is 0 Å². The Balaban J connectivity index is 2.32. The van der Waals surface area contributed by atoms with Crippen LogP contribution in [0.2, 0.25) is 0 Å². The molecule has 1 amide bonds. The van der Waals surface area contributed by atoms with E-state index in [1.165, 1.54) is 0 Å². The lowest BCUT2D eigenvalue weighted by Gasteiger charge is -2.46. The maximum absolute atomic E-state index is 11.0. The molecular weight excluding hydrogens is 178 g/mol. The Labute approximate surface area is 72.9 Å². The third-order valence-electron chi connectivity index (χ3n) is 2.76. The normalized spacial score (nSPS) is 38.8. The standard InChI is InChI=1S/C7H13NO3S/c1-7(2)4-8-5(9)3-6(8)12(7,10)11/h6,10-11H,3-4H2,1-2H3. The Kier molecular flexibility index (Phi) is 1.37. The second-order valence-electron chi connectivity index (χ2n) is 4.03. The van der Waals surface area contributed by atoms with Gasteiger partial charge >= 0.3 is 0 Å². The molecule has 0 aliphatic carbocycles. The van der Waals surface area contributed by atoms with Gasteiger partial charge in [0.05, 0.1) is 11.2 Å². The van der Waals surface area contributed by atoms with Crippen LogP contribution in [0.25, 0.3) is 0 Å². The van der Waals surface area contributed by atoms with E-state index in [-0.39, 0.29) is 11.3 Å². The number of carbonyl (C=O) groups excluding carboxylic acids is 1. The smallest absolute Gasteiger partial charge is 0.227 e. The molecule has 1 atom stereocenters. The maximum Gasteiger partial charge on any atom is 0.227 e. The summed E-state index contributed by atoms with van der Waals surface area (Å²) in [4.78, 5) is 12.6. The van der Waals surface area contributed by atoms with Gasteiger partial charge in [-0.1, -0.05) is 0 Å². The van der Waals surface area contributed by atoms with Gasteiger partial charge in [0, 0.05) is 6.54 Å². The molecule has 0 aromatic heterocycles. The molecule has 2 aliphatic rings. The lowest BCUT2D eigenvalue weighted by atomic mass is 10.1. The molecule has 70 valence electrons. The second kappa shape index (κ2) is 1.97. The maximum atomic E-state index is 11.0. The van der Waals surface area contributed by atoms with Gasteiger partial charge < -0.3 is 4.90 Å². The second-order valence-corrected chi connectivity index (χ2v) is 6.87. The highest BCUT2D eigenvalue weighted by Gasteiger charge is 2.58. The first-order valence-electron chi connectivity index (χ1n) is 3.92. The summed E-state index contributed by atoms with van der Waals surface area (Å²) < 4.78 is 19.0. The summed E-state index contributed by atoms with van der Waals surface area (Å²) >= 11 is 0. The monoisotopic (exact) mass is 191 g/mol. The quantitative estimate of drug-likeness (QED) is 0.563. The SMILES string of the molecule is CC1(C)CN2C(=O)CC2S1(O)O. The molecule has 12 heavy (non-hydrogen) atoms. The summed E-state index contributed by atoms with van der Waals surface area (Å²) in [6, 6.07) is 0. The first kappa shape index (κ1) is 8.34. The number of amides is 1. The van der Waals surface area contributed by atoms with Crippen LogP contribution in [0.4, 0.5) is 0 Å². The van der Waals surface area contributed by atoms with Gasteiger partial charge in [-0.25, -0.2) is 0 Å². The summed E-state index contributed by atoms with van der Waals surface area (Å²) in [5, 5.41) is -0.292. The first-order chi connectivity index (χ1) is 5.36. The molecule has 2 heterocycles. The van der Waals surface area contributed by atoms with Crippen LogP contribution in [0.3, 0.4) is 0 Å². The van der Waals surface area contributed by atoms with E-state index in [9.17, 15) is 13.9 Å². The fourth-order valence-electron chi connectivity index (χ4n) is 1.78. The Morgan fingerprint density at radius 2 is 2.17 bits per heavy atom. The number of rotatable bonds is 0. The zero-order chi connectivity index (χ0) is 9.15. The number of nitrogens with zero attached hydrogens (tertiary/aromatic N) is 1. The average Bonchev–Trinajstić information content (AvgIpc) is 2.07. The molecule has 2 aliphatic heterocycles.